The van der Waals surface area contributed by atoms with E-state index in [0.29, 0.717) is 0 Å². The van der Waals surface area contributed by atoms with Gasteiger partial charge in [0.05, 0.1) is 5.69 Å². The van der Waals surface area contributed by atoms with Gasteiger partial charge in [-0.1, -0.05) is 51.1 Å². The second-order valence-electron chi connectivity index (χ2n) is 6.87. The van der Waals surface area contributed by atoms with Gasteiger partial charge < -0.3 is 10.4 Å². The van der Waals surface area contributed by atoms with Crippen molar-refractivity contribution in [3.63, 3.8) is 0 Å². The topological polar surface area (TPSA) is 50.1 Å². The van der Waals surface area contributed by atoms with Crippen LogP contribution < -0.4 is 5.32 Å². The first-order valence-electron chi connectivity index (χ1n) is 8.36. The molecule has 0 saturated carbocycles. The van der Waals surface area contributed by atoms with Crippen LogP contribution in [0.3, 0.4) is 0 Å². The van der Waals surface area contributed by atoms with E-state index < -0.39 is 0 Å². The zero-order valence-electron chi connectivity index (χ0n) is 14.7. The Bertz CT molecular complexity index is 604. The fourth-order valence-electron chi connectivity index (χ4n) is 3.02. The summed E-state index contributed by atoms with van der Waals surface area (Å²) in [6, 6.07) is 10.4. The van der Waals surface area contributed by atoms with Crippen LogP contribution in [0.15, 0.2) is 36.5 Å². The smallest absolute Gasteiger partial charge is 0.0666 e. The molecule has 1 aromatic heterocycles. The first kappa shape index (κ1) is 17.7. The van der Waals surface area contributed by atoms with Crippen molar-refractivity contribution in [3.8, 4) is 0 Å². The molecule has 0 spiro atoms. The van der Waals surface area contributed by atoms with Crippen molar-refractivity contribution in [1.82, 2.24) is 15.1 Å². The van der Waals surface area contributed by atoms with Gasteiger partial charge in [-0.25, -0.2) is 0 Å². The van der Waals surface area contributed by atoms with Crippen LogP contribution in [0.1, 0.15) is 43.5 Å². The summed E-state index contributed by atoms with van der Waals surface area (Å²) in [5, 5.41) is 17.8. The predicted octanol–water partition coefficient (Wildman–Crippen LogP) is 2.87. The third-order valence-corrected chi connectivity index (χ3v) is 4.54. The summed E-state index contributed by atoms with van der Waals surface area (Å²) in [6.45, 7) is 8.17. The Balaban J connectivity index is 2.07. The predicted molar refractivity (Wildman–Crippen MR) is 94.3 cm³/mol. The molecule has 0 radical (unpaired) electrons. The van der Waals surface area contributed by atoms with Crippen LogP contribution in [0.25, 0.3) is 0 Å². The highest BCUT2D eigenvalue weighted by atomic mass is 16.3. The van der Waals surface area contributed by atoms with Gasteiger partial charge >= 0.3 is 0 Å². The lowest BCUT2D eigenvalue weighted by Crippen LogP contribution is -2.34. The standard InChI is InChI=1S/C19H29N3O/c1-5-18-16(13-22(4)21-18)11-20-12-17(19(2,3)14-23)15-9-7-6-8-10-15/h6-10,13,17,20,23H,5,11-12,14H2,1-4H3. The Kier molecular flexibility index (Phi) is 5.97. The summed E-state index contributed by atoms with van der Waals surface area (Å²) in [4.78, 5) is 0. The monoisotopic (exact) mass is 315 g/mol. The van der Waals surface area contributed by atoms with Gasteiger partial charge in [-0.15, -0.1) is 0 Å². The molecule has 0 amide bonds. The largest absolute Gasteiger partial charge is 0.396 e. The number of aliphatic hydroxyl groups excluding tert-OH is 1. The van der Waals surface area contributed by atoms with Gasteiger partial charge in [0.2, 0.25) is 0 Å². The quantitative estimate of drug-likeness (QED) is 0.787. The summed E-state index contributed by atoms with van der Waals surface area (Å²) in [5.41, 5.74) is 3.50. The molecule has 1 unspecified atom stereocenters. The summed E-state index contributed by atoms with van der Waals surface area (Å²) in [6.07, 6.45) is 3.03. The number of hydrogen-bond donors (Lipinski definition) is 2. The van der Waals surface area contributed by atoms with Crippen LogP contribution in [0, 0.1) is 5.41 Å². The first-order chi connectivity index (χ1) is 11.0. The Morgan fingerprint density at radius 3 is 2.57 bits per heavy atom. The maximum absolute atomic E-state index is 9.79. The van der Waals surface area contributed by atoms with Crippen LogP contribution in [-0.2, 0) is 20.0 Å². The molecule has 126 valence electrons. The minimum Gasteiger partial charge on any atom is -0.396 e. The first-order valence-corrected chi connectivity index (χ1v) is 8.36. The number of aryl methyl sites for hydroxylation is 2. The fraction of sp³-hybridized carbons (Fsp3) is 0.526. The van der Waals surface area contributed by atoms with Crippen molar-refractivity contribution in [3.05, 3.63) is 53.3 Å². The molecule has 23 heavy (non-hydrogen) atoms. The molecule has 0 aliphatic rings. The highest BCUT2D eigenvalue weighted by Gasteiger charge is 2.29. The van der Waals surface area contributed by atoms with Crippen LogP contribution in [0.4, 0.5) is 0 Å². The lowest BCUT2D eigenvalue weighted by molar-refractivity contribution is 0.129. The van der Waals surface area contributed by atoms with Gasteiger partial charge in [-0.2, -0.15) is 5.10 Å². The van der Waals surface area contributed by atoms with Crippen LogP contribution in [0.5, 0.6) is 0 Å². The van der Waals surface area contributed by atoms with Gasteiger partial charge in [0.1, 0.15) is 0 Å². The van der Waals surface area contributed by atoms with E-state index in [0.717, 1.165) is 25.2 Å². The summed E-state index contributed by atoms with van der Waals surface area (Å²) in [5.74, 6) is 0.260. The molecule has 0 aliphatic heterocycles. The third kappa shape index (κ3) is 4.43. The second kappa shape index (κ2) is 7.75. The number of benzene rings is 1. The average Bonchev–Trinajstić information content (AvgIpc) is 2.92. The number of hydrogen-bond acceptors (Lipinski definition) is 3. The lowest BCUT2D eigenvalue weighted by atomic mass is 9.75. The van der Waals surface area contributed by atoms with Crippen molar-refractivity contribution in [2.75, 3.05) is 13.2 Å². The molecule has 0 bridgehead atoms. The molecule has 1 heterocycles. The van der Waals surface area contributed by atoms with Gasteiger partial charge in [0.25, 0.3) is 0 Å². The van der Waals surface area contributed by atoms with E-state index in [4.69, 9.17) is 0 Å². The van der Waals surface area contributed by atoms with Gasteiger partial charge in [0.15, 0.2) is 0 Å². The number of nitrogens with one attached hydrogen (secondary N) is 1. The number of aliphatic hydroxyl groups is 1. The van der Waals surface area contributed by atoms with Crippen molar-refractivity contribution in [2.24, 2.45) is 12.5 Å². The van der Waals surface area contributed by atoms with Gasteiger partial charge in [-0.3, -0.25) is 4.68 Å². The molecular weight excluding hydrogens is 286 g/mol. The Labute approximate surface area is 139 Å². The number of rotatable bonds is 8. The fourth-order valence-corrected chi connectivity index (χ4v) is 3.02. The van der Waals surface area contributed by atoms with Crippen molar-refractivity contribution in [2.45, 2.75) is 39.7 Å². The molecule has 0 fully saturated rings. The molecule has 2 rings (SSSR count). The Morgan fingerprint density at radius 1 is 1.26 bits per heavy atom. The maximum atomic E-state index is 9.79. The van der Waals surface area contributed by atoms with E-state index in [1.54, 1.807) is 0 Å². The normalized spacial score (nSPS) is 13.3. The van der Waals surface area contributed by atoms with E-state index in [2.05, 4.69) is 61.6 Å². The van der Waals surface area contributed by atoms with Crippen molar-refractivity contribution in [1.29, 1.82) is 0 Å². The molecule has 2 aromatic rings. The van der Waals surface area contributed by atoms with Crippen LogP contribution >= 0.6 is 0 Å². The molecular formula is C19H29N3O. The maximum Gasteiger partial charge on any atom is 0.0666 e. The Morgan fingerprint density at radius 2 is 1.96 bits per heavy atom. The minimum atomic E-state index is -0.170. The van der Waals surface area contributed by atoms with E-state index in [9.17, 15) is 5.11 Å². The van der Waals surface area contributed by atoms with E-state index >= 15 is 0 Å². The Hall–Kier alpha value is -1.65. The molecule has 2 N–H and O–H groups in total. The molecule has 1 aromatic carbocycles. The van der Waals surface area contributed by atoms with Gasteiger partial charge in [-0.05, 0) is 17.4 Å². The van der Waals surface area contributed by atoms with Crippen molar-refractivity contribution < 1.29 is 5.11 Å². The molecule has 0 aliphatic carbocycles. The number of nitrogens with zero attached hydrogens (tertiary/aromatic N) is 2. The average molecular weight is 315 g/mol. The third-order valence-electron chi connectivity index (χ3n) is 4.54. The summed E-state index contributed by atoms with van der Waals surface area (Å²) < 4.78 is 1.88. The summed E-state index contributed by atoms with van der Waals surface area (Å²) in [7, 11) is 1.96. The zero-order valence-corrected chi connectivity index (χ0v) is 14.7. The molecule has 4 heteroatoms. The van der Waals surface area contributed by atoms with E-state index in [1.807, 2.05) is 17.8 Å². The van der Waals surface area contributed by atoms with Crippen LogP contribution in [0.2, 0.25) is 0 Å². The lowest BCUT2D eigenvalue weighted by Gasteiger charge is -2.33. The molecule has 4 nitrogen and oxygen atoms in total. The zero-order chi connectivity index (χ0) is 16.9. The minimum absolute atomic E-state index is 0.168. The SMILES string of the molecule is CCc1nn(C)cc1CNCC(c1ccccc1)C(C)(C)CO. The summed E-state index contributed by atoms with van der Waals surface area (Å²) >= 11 is 0. The molecule has 1 atom stereocenters. The highest BCUT2D eigenvalue weighted by Crippen LogP contribution is 2.34. The van der Waals surface area contributed by atoms with Crippen LogP contribution in [-0.4, -0.2) is 28.0 Å². The second-order valence-corrected chi connectivity index (χ2v) is 6.87. The van der Waals surface area contributed by atoms with E-state index in [1.165, 1.54) is 11.1 Å². The highest BCUT2D eigenvalue weighted by molar-refractivity contribution is 5.23. The van der Waals surface area contributed by atoms with Crippen molar-refractivity contribution >= 4 is 0 Å². The van der Waals surface area contributed by atoms with Gasteiger partial charge in [0, 0.05) is 44.4 Å². The number of aromatic nitrogens is 2. The molecule has 0 saturated heterocycles. The van der Waals surface area contributed by atoms with E-state index in [-0.39, 0.29) is 17.9 Å².